The lowest BCUT2D eigenvalue weighted by atomic mass is 9.99. The molecule has 4 nitrogen and oxygen atoms in total. The molecule has 0 spiro atoms. The summed E-state index contributed by atoms with van der Waals surface area (Å²) in [4.78, 5) is 17.8. The minimum atomic E-state index is -0.237. The van der Waals surface area contributed by atoms with Crippen LogP contribution in [0.1, 0.15) is 36.5 Å². The summed E-state index contributed by atoms with van der Waals surface area (Å²) < 4.78 is 5.71. The van der Waals surface area contributed by atoms with Gasteiger partial charge in [0.25, 0.3) is 0 Å². The first-order valence-corrected chi connectivity index (χ1v) is 7.64. The Morgan fingerprint density at radius 3 is 3.00 bits per heavy atom. The summed E-state index contributed by atoms with van der Waals surface area (Å²) in [5.41, 5.74) is 1.59. The number of nitrogens with one attached hydrogen (secondary N) is 1. The zero-order chi connectivity index (χ0) is 14.8. The molecule has 1 aliphatic rings. The molecule has 1 aromatic carbocycles. The summed E-state index contributed by atoms with van der Waals surface area (Å²) >= 11 is 0. The molecule has 0 saturated carbocycles. The van der Waals surface area contributed by atoms with E-state index in [2.05, 4.69) is 16.9 Å². The van der Waals surface area contributed by atoms with E-state index in [1.165, 1.54) is 12.8 Å². The Hall–Kier alpha value is -1.81. The first-order chi connectivity index (χ1) is 10.2. The summed E-state index contributed by atoms with van der Waals surface area (Å²) in [5, 5.41) is 0.923. The van der Waals surface area contributed by atoms with Gasteiger partial charge < -0.3 is 9.72 Å². The van der Waals surface area contributed by atoms with Crippen LogP contribution >= 0.6 is 0 Å². The number of nitrogens with zero attached hydrogens (tertiary/aromatic N) is 1. The van der Waals surface area contributed by atoms with Crippen LogP contribution in [0.3, 0.4) is 0 Å². The second kappa shape index (κ2) is 5.90. The Bertz CT molecular complexity index is 635. The quantitative estimate of drug-likeness (QED) is 0.881. The van der Waals surface area contributed by atoms with E-state index in [0.717, 1.165) is 23.9 Å². The minimum Gasteiger partial charge on any atom is -0.457 e. The molecule has 4 heteroatoms. The summed E-state index contributed by atoms with van der Waals surface area (Å²) in [6.45, 7) is 3.08. The number of ether oxygens (including phenoxy) is 1. The predicted molar refractivity (Wildman–Crippen MR) is 83.4 cm³/mol. The van der Waals surface area contributed by atoms with Crippen LogP contribution in [-0.2, 0) is 4.74 Å². The molecule has 0 aliphatic carbocycles. The maximum Gasteiger partial charge on any atom is 0.340 e. The molecule has 1 N–H and O–H groups in total. The van der Waals surface area contributed by atoms with E-state index in [9.17, 15) is 4.79 Å². The molecule has 1 fully saturated rings. The number of likely N-dealkylation sites (N-methyl/N-ethyl adjacent to an activating group) is 1. The lowest BCUT2D eigenvalue weighted by molar-refractivity contribution is 0.00139. The molecule has 1 aromatic heterocycles. The van der Waals surface area contributed by atoms with Gasteiger partial charge in [0.1, 0.15) is 6.10 Å². The number of esters is 1. The summed E-state index contributed by atoms with van der Waals surface area (Å²) in [6, 6.07) is 8.12. The average molecular weight is 286 g/mol. The van der Waals surface area contributed by atoms with Gasteiger partial charge in [-0.05, 0) is 39.4 Å². The van der Waals surface area contributed by atoms with E-state index in [1.807, 2.05) is 31.2 Å². The molecule has 21 heavy (non-hydrogen) atoms. The van der Waals surface area contributed by atoms with Gasteiger partial charge in [0, 0.05) is 23.1 Å². The number of piperidine rings is 1. The number of hydrogen-bond donors (Lipinski definition) is 1. The van der Waals surface area contributed by atoms with Crippen LogP contribution in [0, 0.1) is 0 Å². The standard InChI is InChI=1S/C17H22N2O2/c1-12(16-9-5-6-10-19(16)2)21-17(20)14-11-18-15-8-4-3-7-13(14)15/h3-4,7-8,11-12,16,18H,5-6,9-10H2,1-2H3/t12-,16?/m0/s1. The number of rotatable bonds is 3. The maximum absolute atomic E-state index is 12.4. The number of likely N-dealkylation sites (tertiary alicyclic amines) is 1. The molecule has 112 valence electrons. The monoisotopic (exact) mass is 286 g/mol. The third-order valence-corrected chi connectivity index (χ3v) is 4.47. The minimum absolute atomic E-state index is 0.0866. The van der Waals surface area contributed by atoms with Crippen molar-refractivity contribution in [3.63, 3.8) is 0 Å². The third kappa shape index (κ3) is 2.81. The second-order valence-electron chi connectivity index (χ2n) is 5.90. The summed E-state index contributed by atoms with van der Waals surface area (Å²) in [5.74, 6) is -0.237. The van der Waals surface area contributed by atoms with Crippen LogP contribution in [0.15, 0.2) is 30.5 Å². The van der Waals surface area contributed by atoms with Gasteiger partial charge in [0.15, 0.2) is 0 Å². The summed E-state index contributed by atoms with van der Waals surface area (Å²) in [6.07, 6.45) is 5.19. The van der Waals surface area contributed by atoms with Gasteiger partial charge in [-0.2, -0.15) is 0 Å². The van der Waals surface area contributed by atoms with Gasteiger partial charge in [-0.3, -0.25) is 4.90 Å². The zero-order valence-corrected chi connectivity index (χ0v) is 12.6. The number of aromatic amines is 1. The second-order valence-corrected chi connectivity index (χ2v) is 5.90. The van der Waals surface area contributed by atoms with Crippen molar-refractivity contribution in [2.45, 2.75) is 38.3 Å². The normalized spacial score (nSPS) is 21.3. The van der Waals surface area contributed by atoms with Gasteiger partial charge in [0.05, 0.1) is 5.56 Å². The molecule has 1 unspecified atom stereocenters. The van der Waals surface area contributed by atoms with E-state index in [0.29, 0.717) is 11.6 Å². The van der Waals surface area contributed by atoms with Gasteiger partial charge in [-0.1, -0.05) is 24.6 Å². The molecule has 0 radical (unpaired) electrons. The largest absolute Gasteiger partial charge is 0.457 e. The third-order valence-electron chi connectivity index (χ3n) is 4.47. The number of H-pyrrole nitrogens is 1. The van der Waals surface area contributed by atoms with E-state index in [-0.39, 0.29) is 12.1 Å². The van der Waals surface area contributed by atoms with Crippen LogP contribution in [0.25, 0.3) is 10.9 Å². The number of para-hydroxylation sites is 1. The fourth-order valence-electron chi connectivity index (χ4n) is 3.25. The Morgan fingerprint density at radius 2 is 2.19 bits per heavy atom. The van der Waals surface area contributed by atoms with Crippen LogP contribution in [0.5, 0.6) is 0 Å². The number of aromatic nitrogens is 1. The highest BCUT2D eigenvalue weighted by atomic mass is 16.5. The van der Waals surface area contributed by atoms with E-state index in [1.54, 1.807) is 6.20 Å². The zero-order valence-electron chi connectivity index (χ0n) is 12.6. The van der Waals surface area contributed by atoms with Crippen LogP contribution < -0.4 is 0 Å². The Labute approximate surface area is 125 Å². The highest BCUT2D eigenvalue weighted by molar-refractivity contribution is 6.04. The maximum atomic E-state index is 12.4. The number of carbonyl (C=O) groups excluding carboxylic acids is 1. The van der Waals surface area contributed by atoms with Gasteiger partial charge in [0.2, 0.25) is 0 Å². The Morgan fingerprint density at radius 1 is 1.38 bits per heavy atom. The molecule has 3 rings (SSSR count). The SMILES string of the molecule is C[C@H](OC(=O)c1c[nH]c2ccccc12)C1CCCCN1C. The molecular formula is C17H22N2O2. The highest BCUT2D eigenvalue weighted by Gasteiger charge is 2.28. The van der Waals surface area contributed by atoms with Crippen molar-refractivity contribution in [1.82, 2.24) is 9.88 Å². The number of hydrogen-bond acceptors (Lipinski definition) is 3. The van der Waals surface area contributed by atoms with E-state index >= 15 is 0 Å². The fraction of sp³-hybridized carbons (Fsp3) is 0.471. The number of carbonyl (C=O) groups is 1. The number of fused-ring (bicyclic) bond motifs is 1. The van der Waals surface area contributed by atoms with Crippen molar-refractivity contribution in [1.29, 1.82) is 0 Å². The molecule has 2 atom stereocenters. The average Bonchev–Trinajstić information content (AvgIpc) is 2.91. The summed E-state index contributed by atoms with van der Waals surface area (Å²) in [7, 11) is 2.11. The number of benzene rings is 1. The van der Waals surface area contributed by atoms with Crippen molar-refractivity contribution in [2.75, 3.05) is 13.6 Å². The van der Waals surface area contributed by atoms with Crippen LogP contribution in [0.2, 0.25) is 0 Å². The van der Waals surface area contributed by atoms with Crippen molar-refractivity contribution in [3.8, 4) is 0 Å². The van der Waals surface area contributed by atoms with E-state index in [4.69, 9.17) is 4.74 Å². The fourth-order valence-corrected chi connectivity index (χ4v) is 3.25. The molecular weight excluding hydrogens is 264 g/mol. The molecule has 1 aliphatic heterocycles. The van der Waals surface area contributed by atoms with Crippen molar-refractivity contribution >= 4 is 16.9 Å². The molecule has 1 saturated heterocycles. The van der Waals surface area contributed by atoms with Crippen LogP contribution in [-0.4, -0.2) is 41.6 Å². The Balaban J connectivity index is 1.73. The van der Waals surface area contributed by atoms with Crippen LogP contribution in [0.4, 0.5) is 0 Å². The van der Waals surface area contributed by atoms with Crippen molar-refractivity contribution < 1.29 is 9.53 Å². The van der Waals surface area contributed by atoms with Gasteiger partial charge >= 0.3 is 5.97 Å². The van der Waals surface area contributed by atoms with Crippen molar-refractivity contribution in [3.05, 3.63) is 36.0 Å². The van der Waals surface area contributed by atoms with Crippen molar-refractivity contribution in [2.24, 2.45) is 0 Å². The smallest absolute Gasteiger partial charge is 0.340 e. The first-order valence-electron chi connectivity index (χ1n) is 7.64. The topological polar surface area (TPSA) is 45.3 Å². The molecule has 0 bridgehead atoms. The molecule has 2 heterocycles. The van der Waals surface area contributed by atoms with Gasteiger partial charge in [-0.25, -0.2) is 4.79 Å². The van der Waals surface area contributed by atoms with Gasteiger partial charge in [-0.15, -0.1) is 0 Å². The molecule has 0 amide bonds. The lowest BCUT2D eigenvalue weighted by Crippen LogP contribution is -2.44. The molecule has 2 aromatic rings. The predicted octanol–water partition coefficient (Wildman–Crippen LogP) is 3.20. The first kappa shape index (κ1) is 14.1. The Kier molecular flexibility index (Phi) is 3.97. The van der Waals surface area contributed by atoms with E-state index < -0.39 is 0 Å². The highest BCUT2D eigenvalue weighted by Crippen LogP contribution is 2.23. The lowest BCUT2D eigenvalue weighted by Gasteiger charge is -2.35.